The van der Waals surface area contributed by atoms with E-state index in [4.69, 9.17) is 15.6 Å². The summed E-state index contributed by atoms with van der Waals surface area (Å²) in [6.07, 6.45) is 0.390. The third-order valence-corrected chi connectivity index (χ3v) is 2.28. The molecule has 18 heavy (non-hydrogen) atoms. The molecular formula is C10H16N4O4. The first-order valence-corrected chi connectivity index (χ1v) is 5.35. The second-order valence-corrected chi connectivity index (χ2v) is 3.67. The highest BCUT2D eigenvalue weighted by Gasteiger charge is 2.18. The normalized spacial score (nSPS) is 12.1. The number of aliphatic hydroxyl groups excluding tert-OH is 1. The summed E-state index contributed by atoms with van der Waals surface area (Å²) in [5.41, 5.74) is 5.33. The van der Waals surface area contributed by atoms with Gasteiger partial charge >= 0.3 is 5.69 Å². The molecule has 1 aromatic rings. The highest BCUT2D eigenvalue weighted by Crippen LogP contribution is 2.23. The first kappa shape index (κ1) is 14.1. The third-order valence-electron chi connectivity index (χ3n) is 2.28. The van der Waals surface area contributed by atoms with E-state index in [9.17, 15) is 10.1 Å². The van der Waals surface area contributed by atoms with Crippen molar-refractivity contribution in [3.8, 4) is 0 Å². The molecule has 4 N–H and O–H groups in total. The largest absolute Gasteiger partial charge is 0.396 e. The highest BCUT2D eigenvalue weighted by molar-refractivity contribution is 5.59. The molecule has 1 unspecified atom stereocenters. The molecule has 0 aliphatic heterocycles. The Bertz CT molecular complexity index is 407. The van der Waals surface area contributed by atoms with E-state index in [1.54, 1.807) is 0 Å². The number of aliphatic hydroxyl groups is 1. The first-order valence-electron chi connectivity index (χ1n) is 5.35. The molecule has 0 spiro atoms. The summed E-state index contributed by atoms with van der Waals surface area (Å²) in [4.78, 5) is 14.2. The zero-order valence-corrected chi connectivity index (χ0v) is 10.00. The van der Waals surface area contributed by atoms with Crippen molar-refractivity contribution < 1.29 is 14.8 Å². The fraction of sp³-hybridized carbons (Fsp3) is 0.500. The number of rotatable bonds is 7. The standard InChI is InChI=1S/C10H16N4O4/c1-18-6-7(4-5-15)12-10-8(14(16)17)2-3-9(11)13-10/h2-3,7,15H,4-6H2,1H3,(H3,11,12,13). The Morgan fingerprint density at radius 1 is 1.67 bits per heavy atom. The Balaban J connectivity index is 2.92. The van der Waals surface area contributed by atoms with E-state index in [2.05, 4.69) is 10.3 Å². The van der Waals surface area contributed by atoms with Crippen molar-refractivity contribution in [3.63, 3.8) is 0 Å². The lowest BCUT2D eigenvalue weighted by Crippen LogP contribution is -2.27. The van der Waals surface area contributed by atoms with Gasteiger partial charge in [0.05, 0.1) is 17.6 Å². The molecule has 0 bridgehead atoms. The van der Waals surface area contributed by atoms with Crippen LogP contribution in [0.2, 0.25) is 0 Å². The Morgan fingerprint density at radius 2 is 2.39 bits per heavy atom. The van der Waals surface area contributed by atoms with Crippen molar-refractivity contribution in [3.05, 3.63) is 22.2 Å². The van der Waals surface area contributed by atoms with Crippen LogP contribution >= 0.6 is 0 Å². The molecule has 8 nitrogen and oxygen atoms in total. The SMILES string of the molecule is COCC(CCO)Nc1nc(N)ccc1[N+](=O)[O-]. The van der Waals surface area contributed by atoms with E-state index < -0.39 is 4.92 Å². The molecular weight excluding hydrogens is 240 g/mol. The summed E-state index contributed by atoms with van der Waals surface area (Å²) in [6.45, 7) is 0.241. The summed E-state index contributed by atoms with van der Waals surface area (Å²) in [7, 11) is 1.51. The molecule has 0 saturated heterocycles. The van der Waals surface area contributed by atoms with Gasteiger partial charge < -0.3 is 20.9 Å². The number of nitrogens with one attached hydrogen (secondary N) is 1. The monoisotopic (exact) mass is 256 g/mol. The van der Waals surface area contributed by atoms with E-state index in [-0.39, 0.29) is 30.0 Å². The summed E-state index contributed by atoms with van der Waals surface area (Å²) in [5.74, 6) is 0.263. The van der Waals surface area contributed by atoms with Crippen LogP contribution in [0.25, 0.3) is 0 Å². The van der Waals surface area contributed by atoms with Gasteiger partial charge in [0, 0.05) is 19.8 Å². The lowest BCUT2D eigenvalue weighted by molar-refractivity contribution is -0.384. The van der Waals surface area contributed by atoms with Crippen LogP contribution in [-0.4, -0.2) is 41.4 Å². The van der Waals surface area contributed by atoms with Crippen LogP contribution in [0.5, 0.6) is 0 Å². The van der Waals surface area contributed by atoms with Crippen molar-refractivity contribution in [2.24, 2.45) is 0 Å². The summed E-state index contributed by atoms with van der Waals surface area (Å²) >= 11 is 0. The average molecular weight is 256 g/mol. The molecule has 0 radical (unpaired) electrons. The second kappa shape index (κ2) is 6.72. The first-order chi connectivity index (χ1) is 8.58. The van der Waals surface area contributed by atoms with Gasteiger partial charge in [-0.05, 0) is 12.5 Å². The lowest BCUT2D eigenvalue weighted by atomic mass is 10.2. The van der Waals surface area contributed by atoms with Gasteiger partial charge in [0.1, 0.15) is 5.82 Å². The topological polar surface area (TPSA) is 124 Å². The predicted molar refractivity (Wildman–Crippen MR) is 66.3 cm³/mol. The number of pyridine rings is 1. The van der Waals surface area contributed by atoms with Gasteiger partial charge in [-0.3, -0.25) is 10.1 Å². The fourth-order valence-electron chi connectivity index (χ4n) is 1.47. The molecule has 1 atom stereocenters. The molecule has 1 heterocycles. The van der Waals surface area contributed by atoms with E-state index in [1.807, 2.05) is 0 Å². The van der Waals surface area contributed by atoms with Crippen molar-refractivity contribution in [2.45, 2.75) is 12.5 Å². The number of hydrogen-bond donors (Lipinski definition) is 3. The molecule has 0 saturated carbocycles. The molecule has 0 aliphatic carbocycles. The number of nitrogens with two attached hydrogens (primary N) is 1. The van der Waals surface area contributed by atoms with Crippen LogP contribution in [0.4, 0.5) is 17.3 Å². The molecule has 8 heteroatoms. The van der Waals surface area contributed by atoms with Gasteiger partial charge in [0.15, 0.2) is 0 Å². The Hall–Kier alpha value is -1.93. The molecule has 0 aromatic carbocycles. The maximum atomic E-state index is 10.8. The molecule has 100 valence electrons. The number of nitro groups is 1. The zero-order chi connectivity index (χ0) is 13.5. The van der Waals surface area contributed by atoms with Crippen LogP contribution in [-0.2, 0) is 4.74 Å². The number of anilines is 2. The van der Waals surface area contributed by atoms with Crippen molar-refractivity contribution in [2.75, 3.05) is 31.4 Å². The van der Waals surface area contributed by atoms with Crippen molar-refractivity contribution in [1.82, 2.24) is 4.98 Å². The summed E-state index contributed by atoms with van der Waals surface area (Å²) in [5, 5.41) is 22.6. The molecule has 1 rings (SSSR count). The van der Waals surface area contributed by atoms with Gasteiger partial charge in [-0.15, -0.1) is 0 Å². The molecule has 1 aromatic heterocycles. The second-order valence-electron chi connectivity index (χ2n) is 3.67. The number of nitrogens with zero attached hydrogens (tertiary/aromatic N) is 2. The van der Waals surface area contributed by atoms with Crippen LogP contribution < -0.4 is 11.1 Å². The van der Waals surface area contributed by atoms with Crippen LogP contribution in [0.1, 0.15) is 6.42 Å². The number of hydrogen-bond acceptors (Lipinski definition) is 7. The quantitative estimate of drug-likeness (QED) is 0.476. The van der Waals surface area contributed by atoms with E-state index >= 15 is 0 Å². The lowest BCUT2D eigenvalue weighted by Gasteiger charge is -2.17. The minimum absolute atomic E-state index is 0.0584. The summed E-state index contributed by atoms with van der Waals surface area (Å²) in [6, 6.07) is 2.38. The highest BCUT2D eigenvalue weighted by atomic mass is 16.6. The fourth-order valence-corrected chi connectivity index (χ4v) is 1.47. The van der Waals surface area contributed by atoms with Gasteiger partial charge in [0.2, 0.25) is 5.82 Å². The van der Waals surface area contributed by atoms with Crippen LogP contribution in [0, 0.1) is 10.1 Å². The maximum absolute atomic E-state index is 10.8. The van der Waals surface area contributed by atoms with Crippen molar-refractivity contribution >= 4 is 17.3 Å². The molecule has 0 fully saturated rings. The van der Waals surface area contributed by atoms with Gasteiger partial charge in [-0.2, -0.15) is 0 Å². The maximum Gasteiger partial charge on any atom is 0.311 e. The Kier molecular flexibility index (Phi) is 5.28. The predicted octanol–water partition coefficient (Wildman–Crippen LogP) is 0.381. The van der Waals surface area contributed by atoms with Crippen molar-refractivity contribution in [1.29, 1.82) is 0 Å². The smallest absolute Gasteiger partial charge is 0.311 e. The number of methoxy groups -OCH3 is 1. The van der Waals surface area contributed by atoms with Crippen LogP contribution in [0.15, 0.2) is 12.1 Å². The van der Waals surface area contributed by atoms with Gasteiger partial charge in [-0.1, -0.05) is 0 Å². The summed E-state index contributed by atoms with van der Waals surface area (Å²) < 4.78 is 4.96. The van der Waals surface area contributed by atoms with Gasteiger partial charge in [0.25, 0.3) is 0 Å². The number of nitrogen functional groups attached to an aromatic ring is 1. The Labute approximate surface area is 104 Å². The minimum Gasteiger partial charge on any atom is -0.396 e. The van der Waals surface area contributed by atoms with E-state index in [0.717, 1.165) is 0 Å². The number of aromatic nitrogens is 1. The van der Waals surface area contributed by atoms with E-state index in [1.165, 1.54) is 19.2 Å². The minimum atomic E-state index is -0.544. The van der Waals surface area contributed by atoms with Crippen LogP contribution in [0.3, 0.4) is 0 Å². The molecule has 0 aliphatic rings. The zero-order valence-electron chi connectivity index (χ0n) is 10.00. The third kappa shape index (κ3) is 3.82. The average Bonchev–Trinajstić information content (AvgIpc) is 2.29. The molecule has 0 amide bonds. The van der Waals surface area contributed by atoms with Gasteiger partial charge in [-0.25, -0.2) is 4.98 Å². The van der Waals surface area contributed by atoms with E-state index in [0.29, 0.717) is 13.0 Å². The number of ether oxygens (including phenoxy) is 1. The Morgan fingerprint density at radius 3 is 2.94 bits per heavy atom.